The number of para-hydroxylation sites is 1. The Kier molecular flexibility index (Phi) is 4.52. The van der Waals surface area contributed by atoms with Crippen molar-refractivity contribution in [3.63, 3.8) is 0 Å². The number of hydrogen-bond donors (Lipinski definition) is 0. The number of rotatable bonds is 4. The topological polar surface area (TPSA) is 55.3 Å². The molecule has 0 saturated carbocycles. The fourth-order valence-corrected chi connectivity index (χ4v) is 2.45. The Morgan fingerprint density at radius 1 is 0.917 bits per heavy atom. The average molecular weight is 319 g/mol. The molecule has 0 N–H and O–H groups in total. The molecule has 0 unspecified atom stereocenters. The molecule has 5 nitrogen and oxygen atoms in total. The van der Waals surface area contributed by atoms with Crippen LogP contribution in [0.5, 0.6) is 5.88 Å². The van der Waals surface area contributed by atoms with Crippen molar-refractivity contribution >= 4 is 11.6 Å². The van der Waals surface area contributed by atoms with Crippen LogP contribution in [0.25, 0.3) is 11.1 Å². The van der Waals surface area contributed by atoms with Crippen LogP contribution in [0.1, 0.15) is 10.5 Å². The van der Waals surface area contributed by atoms with Crippen LogP contribution in [0.3, 0.4) is 0 Å². The van der Waals surface area contributed by atoms with Gasteiger partial charge in [0.1, 0.15) is 0 Å². The third-order valence-corrected chi connectivity index (χ3v) is 3.72. The summed E-state index contributed by atoms with van der Waals surface area (Å²) < 4.78 is 4.97. The Hall–Kier alpha value is -3.21. The molecule has 5 heteroatoms. The van der Waals surface area contributed by atoms with E-state index in [1.807, 2.05) is 54.6 Å². The van der Waals surface area contributed by atoms with Gasteiger partial charge in [0.2, 0.25) is 5.88 Å². The Morgan fingerprint density at radius 3 is 2.29 bits per heavy atom. The quantitative estimate of drug-likeness (QED) is 0.739. The fraction of sp³-hybridized carbons (Fsp3) is 0.105. The minimum Gasteiger partial charge on any atom is -0.480 e. The van der Waals surface area contributed by atoms with E-state index in [-0.39, 0.29) is 11.6 Å². The zero-order chi connectivity index (χ0) is 16.9. The van der Waals surface area contributed by atoms with E-state index in [1.165, 1.54) is 7.11 Å². The third-order valence-electron chi connectivity index (χ3n) is 3.72. The van der Waals surface area contributed by atoms with E-state index in [1.54, 1.807) is 24.1 Å². The maximum absolute atomic E-state index is 12.7. The van der Waals surface area contributed by atoms with Gasteiger partial charge in [-0.1, -0.05) is 48.5 Å². The zero-order valence-electron chi connectivity index (χ0n) is 13.5. The van der Waals surface area contributed by atoms with Crippen molar-refractivity contribution in [2.75, 3.05) is 19.1 Å². The molecule has 0 fully saturated rings. The molecule has 3 rings (SSSR count). The first-order chi connectivity index (χ1) is 11.7. The molecule has 24 heavy (non-hydrogen) atoms. The molecular weight excluding hydrogens is 302 g/mol. The van der Waals surface area contributed by atoms with Crippen LogP contribution in [-0.2, 0) is 0 Å². The number of carbonyl (C=O) groups excluding carboxylic acids is 1. The van der Waals surface area contributed by atoms with Crippen molar-refractivity contribution in [3.05, 3.63) is 72.4 Å². The molecule has 0 atom stereocenters. The van der Waals surface area contributed by atoms with Crippen LogP contribution < -0.4 is 9.64 Å². The Balaban J connectivity index is 1.95. The summed E-state index contributed by atoms with van der Waals surface area (Å²) in [5, 5.41) is 7.79. The third kappa shape index (κ3) is 3.10. The van der Waals surface area contributed by atoms with Gasteiger partial charge < -0.3 is 9.64 Å². The number of aromatic nitrogens is 2. The van der Waals surface area contributed by atoms with E-state index in [4.69, 9.17) is 4.74 Å². The van der Waals surface area contributed by atoms with Crippen molar-refractivity contribution in [3.8, 4) is 17.0 Å². The van der Waals surface area contributed by atoms with E-state index in [0.717, 1.165) is 16.8 Å². The van der Waals surface area contributed by atoms with Gasteiger partial charge in [-0.05, 0) is 17.7 Å². The second-order valence-electron chi connectivity index (χ2n) is 5.21. The maximum Gasteiger partial charge on any atom is 0.278 e. The molecule has 0 radical (unpaired) electrons. The highest BCUT2D eigenvalue weighted by atomic mass is 16.5. The summed E-state index contributed by atoms with van der Waals surface area (Å²) in [4.78, 5) is 14.3. The highest BCUT2D eigenvalue weighted by molar-refractivity contribution is 6.06. The van der Waals surface area contributed by atoms with Crippen LogP contribution in [-0.4, -0.2) is 30.3 Å². The summed E-state index contributed by atoms with van der Waals surface area (Å²) in [6, 6.07) is 21.0. The number of hydrogen-bond acceptors (Lipinski definition) is 4. The second kappa shape index (κ2) is 6.91. The summed E-state index contributed by atoms with van der Waals surface area (Å²) >= 11 is 0. The minimum absolute atomic E-state index is 0.228. The highest BCUT2D eigenvalue weighted by Crippen LogP contribution is 2.30. The molecule has 1 amide bonds. The van der Waals surface area contributed by atoms with E-state index in [9.17, 15) is 4.79 Å². The lowest BCUT2D eigenvalue weighted by atomic mass is 10.0. The monoisotopic (exact) mass is 319 g/mol. The molecule has 0 aliphatic heterocycles. The minimum atomic E-state index is -0.228. The largest absolute Gasteiger partial charge is 0.480 e. The van der Waals surface area contributed by atoms with Gasteiger partial charge >= 0.3 is 0 Å². The molecule has 1 aromatic heterocycles. The van der Waals surface area contributed by atoms with Gasteiger partial charge in [0.15, 0.2) is 5.69 Å². The van der Waals surface area contributed by atoms with Gasteiger partial charge in [0, 0.05) is 18.7 Å². The number of anilines is 1. The molecule has 0 aliphatic carbocycles. The molecule has 120 valence electrons. The molecule has 0 spiro atoms. The summed E-state index contributed by atoms with van der Waals surface area (Å²) in [6.45, 7) is 0. The molecule has 0 bridgehead atoms. The SMILES string of the molecule is COc1ccc(C(=O)N(C)c2ccccc2-c2ccccc2)nn1. The lowest BCUT2D eigenvalue weighted by Gasteiger charge is -2.20. The number of carbonyl (C=O) groups is 1. The van der Waals surface area contributed by atoms with Crippen molar-refractivity contribution < 1.29 is 9.53 Å². The fourth-order valence-electron chi connectivity index (χ4n) is 2.45. The number of amides is 1. The first-order valence-corrected chi connectivity index (χ1v) is 7.51. The van der Waals surface area contributed by atoms with E-state index in [2.05, 4.69) is 10.2 Å². The molecule has 0 saturated heterocycles. The van der Waals surface area contributed by atoms with Crippen molar-refractivity contribution in [1.82, 2.24) is 10.2 Å². The summed E-state index contributed by atoms with van der Waals surface area (Å²) in [5.74, 6) is 0.146. The summed E-state index contributed by atoms with van der Waals surface area (Å²) in [7, 11) is 3.24. The number of methoxy groups -OCH3 is 1. The lowest BCUT2D eigenvalue weighted by molar-refractivity contribution is 0.0987. The van der Waals surface area contributed by atoms with Crippen molar-refractivity contribution in [1.29, 1.82) is 0 Å². The lowest BCUT2D eigenvalue weighted by Crippen LogP contribution is -2.27. The smallest absolute Gasteiger partial charge is 0.278 e. The van der Waals surface area contributed by atoms with Gasteiger partial charge in [-0.25, -0.2) is 0 Å². The predicted molar refractivity (Wildman–Crippen MR) is 93.2 cm³/mol. The van der Waals surface area contributed by atoms with Gasteiger partial charge in [0.25, 0.3) is 5.91 Å². The number of benzene rings is 2. The van der Waals surface area contributed by atoms with Crippen LogP contribution >= 0.6 is 0 Å². The predicted octanol–water partition coefficient (Wildman–Crippen LogP) is 3.43. The van der Waals surface area contributed by atoms with E-state index >= 15 is 0 Å². The Bertz CT molecular complexity index is 833. The van der Waals surface area contributed by atoms with E-state index in [0.29, 0.717) is 5.88 Å². The van der Waals surface area contributed by atoms with Crippen LogP contribution in [0, 0.1) is 0 Å². The number of nitrogens with zero attached hydrogens (tertiary/aromatic N) is 3. The highest BCUT2D eigenvalue weighted by Gasteiger charge is 2.18. The molecule has 0 aliphatic rings. The van der Waals surface area contributed by atoms with Crippen LogP contribution in [0.15, 0.2) is 66.7 Å². The summed E-state index contributed by atoms with van der Waals surface area (Å²) in [6.07, 6.45) is 0. The first kappa shape index (κ1) is 15.7. The standard InChI is InChI=1S/C19H17N3O2/c1-22(19(23)16-12-13-18(24-2)21-20-16)17-11-7-6-10-15(17)14-8-4-3-5-9-14/h3-13H,1-2H3. The average Bonchev–Trinajstić information content (AvgIpc) is 2.67. The van der Waals surface area contributed by atoms with E-state index < -0.39 is 0 Å². The maximum atomic E-state index is 12.7. The molecule has 1 heterocycles. The Labute approximate surface area is 140 Å². The van der Waals surface area contributed by atoms with Crippen LogP contribution in [0.4, 0.5) is 5.69 Å². The number of ether oxygens (including phenoxy) is 1. The summed E-state index contributed by atoms with van der Waals surface area (Å²) in [5.41, 5.74) is 3.11. The molecule has 3 aromatic rings. The second-order valence-corrected chi connectivity index (χ2v) is 5.21. The normalized spacial score (nSPS) is 10.2. The first-order valence-electron chi connectivity index (χ1n) is 7.51. The molecular formula is C19H17N3O2. The van der Waals surface area contributed by atoms with Crippen molar-refractivity contribution in [2.45, 2.75) is 0 Å². The van der Waals surface area contributed by atoms with Crippen molar-refractivity contribution in [2.24, 2.45) is 0 Å². The molecule has 2 aromatic carbocycles. The van der Waals surface area contributed by atoms with Gasteiger partial charge in [-0.3, -0.25) is 4.79 Å². The van der Waals surface area contributed by atoms with Gasteiger partial charge in [-0.15, -0.1) is 10.2 Å². The van der Waals surface area contributed by atoms with Gasteiger partial charge in [0.05, 0.1) is 12.8 Å². The Morgan fingerprint density at radius 2 is 1.62 bits per heavy atom. The van der Waals surface area contributed by atoms with Gasteiger partial charge in [-0.2, -0.15) is 0 Å². The van der Waals surface area contributed by atoms with Crippen LogP contribution in [0.2, 0.25) is 0 Å². The zero-order valence-corrected chi connectivity index (χ0v) is 13.5.